The second-order valence-electron chi connectivity index (χ2n) is 5.49. The number of aromatic nitrogens is 2. The first-order chi connectivity index (χ1) is 11.7. The van der Waals surface area contributed by atoms with Crippen LogP contribution in [0.2, 0.25) is 0 Å². The Kier molecular flexibility index (Phi) is 5.22. The van der Waals surface area contributed by atoms with Gasteiger partial charge in [-0.15, -0.1) is 0 Å². The van der Waals surface area contributed by atoms with Gasteiger partial charge in [-0.1, -0.05) is 6.07 Å². The lowest BCUT2D eigenvalue weighted by Gasteiger charge is -2.11. The van der Waals surface area contributed by atoms with E-state index in [-0.39, 0.29) is 12.0 Å². The standard InChI is InChI=1S/C17H20N4O3/c1-23-13-5-2-4-12(8-13)21-17(22)15-9-16(20-11-19-15)18-10-14-6-3-7-24-14/h2,4-5,8-9,11,14H,3,6-7,10H2,1H3,(H,21,22)(H,18,19,20). The number of nitrogens with zero attached hydrogens (tertiary/aromatic N) is 2. The number of carbonyl (C=O) groups excluding carboxylic acids is 1. The third-order valence-corrected chi connectivity index (χ3v) is 3.76. The van der Waals surface area contributed by atoms with E-state index in [1.54, 1.807) is 25.3 Å². The summed E-state index contributed by atoms with van der Waals surface area (Å²) in [5, 5.41) is 5.98. The minimum atomic E-state index is -0.300. The quantitative estimate of drug-likeness (QED) is 0.846. The SMILES string of the molecule is COc1cccc(NC(=O)c2cc(NCC3CCCO3)ncn2)c1. The summed E-state index contributed by atoms with van der Waals surface area (Å²) in [6, 6.07) is 8.79. The van der Waals surface area contributed by atoms with E-state index in [0.717, 1.165) is 19.4 Å². The molecule has 1 fully saturated rings. The molecule has 0 bridgehead atoms. The maximum Gasteiger partial charge on any atom is 0.274 e. The fourth-order valence-electron chi connectivity index (χ4n) is 2.50. The lowest BCUT2D eigenvalue weighted by molar-refractivity contribution is 0.102. The summed E-state index contributed by atoms with van der Waals surface area (Å²) >= 11 is 0. The molecule has 1 unspecified atom stereocenters. The Morgan fingerprint density at radius 3 is 3.08 bits per heavy atom. The fourth-order valence-corrected chi connectivity index (χ4v) is 2.50. The Morgan fingerprint density at radius 1 is 1.38 bits per heavy atom. The average Bonchev–Trinajstić information content (AvgIpc) is 3.14. The maximum atomic E-state index is 12.3. The molecule has 0 saturated carbocycles. The summed E-state index contributed by atoms with van der Waals surface area (Å²) in [6.07, 6.45) is 3.71. The van der Waals surface area contributed by atoms with Crippen LogP contribution in [-0.4, -0.2) is 42.2 Å². The van der Waals surface area contributed by atoms with Gasteiger partial charge in [-0.25, -0.2) is 9.97 Å². The van der Waals surface area contributed by atoms with Crippen molar-refractivity contribution >= 4 is 17.4 Å². The van der Waals surface area contributed by atoms with Gasteiger partial charge in [0.25, 0.3) is 5.91 Å². The zero-order valence-corrected chi connectivity index (χ0v) is 13.5. The molecule has 2 aromatic rings. The second kappa shape index (κ2) is 7.74. The molecule has 1 aromatic carbocycles. The number of methoxy groups -OCH3 is 1. The molecule has 7 heteroatoms. The van der Waals surface area contributed by atoms with Crippen LogP contribution in [-0.2, 0) is 4.74 Å². The van der Waals surface area contributed by atoms with E-state index < -0.39 is 0 Å². The van der Waals surface area contributed by atoms with E-state index in [0.29, 0.717) is 29.5 Å². The predicted molar refractivity (Wildman–Crippen MR) is 90.4 cm³/mol. The first kappa shape index (κ1) is 16.2. The third kappa shape index (κ3) is 4.20. The lowest BCUT2D eigenvalue weighted by Crippen LogP contribution is -2.20. The highest BCUT2D eigenvalue weighted by atomic mass is 16.5. The zero-order valence-electron chi connectivity index (χ0n) is 13.5. The van der Waals surface area contributed by atoms with Crippen LogP contribution in [0.15, 0.2) is 36.7 Å². The van der Waals surface area contributed by atoms with Crippen LogP contribution in [0.1, 0.15) is 23.3 Å². The number of anilines is 2. The van der Waals surface area contributed by atoms with Gasteiger partial charge in [0.05, 0.1) is 13.2 Å². The van der Waals surface area contributed by atoms with Crippen LogP contribution in [0.3, 0.4) is 0 Å². The molecule has 0 radical (unpaired) electrons. The molecule has 0 aliphatic carbocycles. The lowest BCUT2D eigenvalue weighted by atomic mass is 10.2. The molecule has 1 aliphatic heterocycles. The highest BCUT2D eigenvalue weighted by Crippen LogP contribution is 2.18. The molecule has 2 heterocycles. The number of nitrogens with one attached hydrogen (secondary N) is 2. The van der Waals surface area contributed by atoms with Gasteiger partial charge < -0.3 is 20.1 Å². The number of benzene rings is 1. The van der Waals surface area contributed by atoms with Crippen molar-refractivity contribution < 1.29 is 14.3 Å². The molecule has 126 valence electrons. The van der Waals surface area contributed by atoms with Gasteiger partial charge in [-0.05, 0) is 25.0 Å². The van der Waals surface area contributed by atoms with Crippen molar-refractivity contribution in [3.8, 4) is 5.75 Å². The summed E-state index contributed by atoms with van der Waals surface area (Å²) in [7, 11) is 1.58. The van der Waals surface area contributed by atoms with Gasteiger partial charge in [0, 0.05) is 31.0 Å². The van der Waals surface area contributed by atoms with E-state index >= 15 is 0 Å². The third-order valence-electron chi connectivity index (χ3n) is 3.76. The number of amides is 1. The summed E-state index contributed by atoms with van der Waals surface area (Å²) in [5.74, 6) is 0.983. The van der Waals surface area contributed by atoms with Gasteiger partial charge in [0.15, 0.2) is 0 Å². The zero-order chi connectivity index (χ0) is 16.8. The van der Waals surface area contributed by atoms with E-state index in [4.69, 9.17) is 9.47 Å². The molecule has 1 aromatic heterocycles. The molecule has 1 atom stereocenters. The summed E-state index contributed by atoms with van der Waals surface area (Å²) in [4.78, 5) is 20.5. The van der Waals surface area contributed by atoms with E-state index in [9.17, 15) is 4.79 Å². The summed E-state index contributed by atoms with van der Waals surface area (Å²) in [5.41, 5.74) is 0.939. The highest BCUT2D eigenvalue weighted by Gasteiger charge is 2.15. The Morgan fingerprint density at radius 2 is 2.29 bits per heavy atom. The van der Waals surface area contributed by atoms with Gasteiger partial charge in [-0.2, -0.15) is 0 Å². The largest absolute Gasteiger partial charge is 0.497 e. The van der Waals surface area contributed by atoms with Crippen LogP contribution in [0, 0.1) is 0 Å². The van der Waals surface area contributed by atoms with Crippen molar-refractivity contribution in [2.45, 2.75) is 18.9 Å². The number of hydrogen-bond donors (Lipinski definition) is 2. The smallest absolute Gasteiger partial charge is 0.274 e. The maximum absolute atomic E-state index is 12.3. The second-order valence-corrected chi connectivity index (χ2v) is 5.49. The number of carbonyl (C=O) groups is 1. The van der Waals surface area contributed by atoms with Gasteiger partial charge in [0.2, 0.25) is 0 Å². The average molecular weight is 328 g/mol. The van der Waals surface area contributed by atoms with E-state index in [2.05, 4.69) is 20.6 Å². The van der Waals surface area contributed by atoms with Gasteiger partial charge in [0.1, 0.15) is 23.6 Å². The molecule has 3 rings (SSSR count). The Hall–Kier alpha value is -2.67. The van der Waals surface area contributed by atoms with Crippen molar-refractivity contribution in [2.24, 2.45) is 0 Å². The first-order valence-electron chi connectivity index (χ1n) is 7.87. The van der Waals surface area contributed by atoms with Crippen molar-refractivity contribution in [2.75, 3.05) is 30.9 Å². The van der Waals surface area contributed by atoms with Crippen LogP contribution in [0.5, 0.6) is 5.75 Å². The normalized spacial score (nSPS) is 16.6. The summed E-state index contributed by atoms with van der Waals surface area (Å²) in [6.45, 7) is 1.48. The number of rotatable bonds is 6. The van der Waals surface area contributed by atoms with Crippen molar-refractivity contribution in [3.63, 3.8) is 0 Å². The minimum absolute atomic E-state index is 0.203. The summed E-state index contributed by atoms with van der Waals surface area (Å²) < 4.78 is 10.7. The van der Waals surface area contributed by atoms with E-state index in [1.807, 2.05) is 12.1 Å². The van der Waals surface area contributed by atoms with Crippen molar-refractivity contribution in [3.05, 3.63) is 42.4 Å². The number of ether oxygens (including phenoxy) is 2. The fraction of sp³-hybridized carbons (Fsp3) is 0.353. The highest BCUT2D eigenvalue weighted by molar-refractivity contribution is 6.03. The molecule has 1 saturated heterocycles. The minimum Gasteiger partial charge on any atom is -0.497 e. The van der Waals surface area contributed by atoms with Gasteiger partial charge in [-0.3, -0.25) is 4.79 Å². The molecule has 0 spiro atoms. The molecular formula is C17H20N4O3. The first-order valence-corrected chi connectivity index (χ1v) is 7.87. The Balaban J connectivity index is 1.62. The Bertz CT molecular complexity index is 702. The molecule has 24 heavy (non-hydrogen) atoms. The van der Waals surface area contributed by atoms with Crippen LogP contribution >= 0.6 is 0 Å². The monoisotopic (exact) mass is 328 g/mol. The van der Waals surface area contributed by atoms with Crippen molar-refractivity contribution in [1.29, 1.82) is 0 Å². The van der Waals surface area contributed by atoms with Crippen LogP contribution in [0.4, 0.5) is 11.5 Å². The van der Waals surface area contributed by atoms with Crippen LogP contribution < -0.4 is 15.4 Å². The molecule has 7 nitrogen and oxygen atoms in total. The predicted octanol–water partition coefficient (Wildman–Crippen LogP) is 2.33. The van der Waals surface area contributed by atoms with E-state index in [1.165, 1.54) is 6.33 Å². The number of hydrogen-bond acceptors (Lipinski definition) is 6. The van der Waals surface area contributed by atoms with Gasteiger partial charge >= 0.3 is 0 Å². The van der Waals surface area contributed by atoms with Crippen LogP contribution in [0.25, 0.3) is 0 Å². The molecule has 1 amide bonds. The Labute approximate surface area is 140 Å². The molecular weight excluding hydrogens is 308 g/mol. The molecule has 1 aliphatic rings. The molecule has 2 N–H and O–H groups in total. The van der Waals surface area contributed by atoms with Crippen molar-refractivity contribution in [1.82, 2.24) is 9.97 Å². The topological polar surface area (TPSA) is 85.4 Å².